The third-order valence-electron chi connectivity index (χ3n) is 10.9. The fourth-order valence-corrected chi connectivity index (χ4v) is 9.35. The van der Waals surface area contributed by atoms with Crippen molar-refractivity contribution in [2.24, 2.45) is 11.3 Å². The summed E-state index contributed by atoms with van der Waals surface area (Å²) in [6.45, 7) is 12.9. The molecule has 4 amide bonds. The average molecular weight is 755 g/mol. The Labute approximate surface area is 311 Å². The zero-order valence-electron chi connectivity index (χ0n) is 31.9. The highest BCUT2D eigenvalue weighted by atomic mass is 32.2. The smallest absolute Gasteiger partial charge is 0.408 e. The Morgan fingerprint density at radius 2 is 1.81 bits per heavy atom. The normalized spacial score (nSPS) is 28.4. The van der Waals surface area contributed by atoms with Gasteiger partial charge in [-0.15, -0.1) is 0 Å². The van der Waals surface area contributed by atoms with Crippen LogP contribution in [0.25, 0.3) is 11.0 Å². The highest BCUT2D eigenvalue weighted by molar-refractivity contribution is 7.91. The van der Waals surface area contributed by atoms with Crippen LogP contribution in [0.3, 0.4) is 0 Å². The molecule has 53 heavy (non-hydrogen) atoms. The number of imidazole rings is 1. The number of amides is 4. The lowest BCUT2D eigenvalue weighted by Gasteiger charge is -2.36. The standard InChI is InChI=1S/C38H54N6O8S/c1-8-24-22-38(24)32(47)42-53(49,50)37(18-19-37)17-13-9-10-14-20-43-27-16-12-11-15-26(27)39-33(43)51-25-21-28(30(45)41-38)44(23-25)31(46)29(35(2,3)4)40-34(48)52-36(5,6)7/h10-12,14-16,24-25,28-29H,8-9,13,17-23H2,1-7H3,(H,40,48)(H,41,45)(H,42,47)/b14-10-/t24-,25-,28+,29?,38-/m1/s1. The minimum atomic E-state index is -4.03. The van der Waals surface area contributed by atoms with E-state index in [1.54, 1.807) is 41.5 Å². The lowest BCUT2D eigenvalue weighted by Crippen LogP contribution is -2.60. The molecule has 2 saturated carbocycles. The number of fused-ring (bicyclic) bond motifs is 5. The molecule has 5 atom stereocenters. The van der Waals surface area contributed by atoms with Gasteiger partial charge in [0.15, 0.2) is 0 Å². The van der Waals surface area contributed by atoms with Gasteiger partial charge in [0.2, 0.25) is 21.8 Å². The van der Waals surface area contributed by atoms with E-state index < -0.39 is 73.3 Å². The number of hydrogen-bond donors (Lipinski definition) is 3. The molecule has 1 unspecified atom stereocenters. The van der Waals surface area contributed by atoms with Crippen LogP contribution in [0.4, 0.5) is 4.79 Å². The number of para-hydroxylation sites is 2. The number of likely N-dealkylation sites (tertiary alicyclic amines) is 1. The number of carbonyl (C=O) groups excluding carboxylic acids is 4. The molecule has 3 N–H and O–H groups in total. The summed E-state index contributed by atoms with van der Waals surface area (Å²) in [5.74, 6) is -2.16. The Morgan fingerprint density at radius 3 is 2.45 bits per heavy atom. The summed E-state index contributed by atoms with van der Waals surface area (Å²) >= 11 is 0. The number of sulfonamides is 1. The number of allylic oxidation sites excluding steroid dienone is 2. The number of alkyl carbamates (subject to hydrolysis) is 1. The molecule has 290 valence electrons. The lowest BCUT2D eigenvalue weighted by atomic mass is 9.85. The maximum absolute atomic E-state index is 14.6. The fraction of sp³-hybridized carbons (Fsp3) is 0.658. The first-order chi connectivity index (χ1) is 24.8. The van der Waals surface area contributed by atoms with Crippen molar-refractivity contribution in [3.63, 3.8) is 0 Å². The first kappa shape index (κ1) is 38.6. The molecule has 2 aliphatic carbocycles. The van der Waals surface area contributed by atoms with Gasteiger partial charge in [-0.05, 0) is 82.8 Å². The van der Waals surface area contributed by atoms with Crippen LogP contribution in [0, 0.1) is 11.3 Å². The van der Waals surface area contributed by atoms with E-state index >= 15 is 0 Å². The molecule has 1 aromatic heterocycles. The molecule has 1 saturated heterocycles. The van der Waals surface area contributed by atoms with Crippen molar-refractivity contribution < 1.29 is 37.1 Å². The van der Waals surface area contributed by atoms with Crippen LogP contribution in [0.5, 0.6) is 6.01 Å². The Balaban J connectivity index is 1.37. The lowest BCUT2D eigenvalue weighted by molar-refractivity contribution is -0.143. The molecule has 14 nitrogen and oxygen atoms in total. The fourth-order valence-electron chi connectivity index (χ4n) is 7.65. The molecular weight excluding hydrogens is 701 g/mol. The Bertz CT molecular complexity index is 1910. The van der Waals surface area contributed by atoms with E-state index in [4.69, 9.17) is 14.5 Å². The second kappa shape index (κ2) is 13.9. The largest absolute Gasteiger partial charge is 0.459 e. The highest BCUT2D eigenvalue weighted by Crippen LogP contribution is 2.50. The van der Waals surface area contributed by atoms with Gasteiger partial charge in [0.25, 0.3) is 11.9 Å². The Morgan fingerprint density at radius 1 is 1.09 bits per heavy atom. The van der Waals surface area contributed by atoms with Crippen molar-refractivity contribution in [1.29, 1.82) is 0 Å². The van der Waals surface area contributed by atoms with Gasteiger partial charge in [0, 0.05) is 13.0 Å². The highest BCUT2D eigenvalue weighted by Gasteiger charge is 2.63. The first-order valence-electron chi connectivity index (χ1n) is 18.7. The molecule has 2 bridgehead atoms. The first-order valence-corrected chi connectivity index (χ1v) is 20.2. The second-order valence-electron chi connectivity index (χ2n) is 17.2. The summed E-state index contributed by atoms with van der Waals surface area (Å²) < 4.78 is 42.7. The van der Waals surface area contributed by atoms with Gasteiger partial charge in [0.1, 0.15) is 29.3 Å². The average Bonchev–Trinajstić information content (AvgIpc) is 3.93. The van der Waals surface area contributed by atoms with E-state index in [0.717, 1.165) is 11.0 Å². The van der Waals surface area contributed by atoms with Crippen LogP contribution in [-0.4, -0.2) is 87.3 Å². The molecule has 3 heterocycles. The number of nitrogens with zero attached hydrogens (tertiary/aromatic N) is 3. The van der Waals surface area contributed by atoms with Gasteiger partial charge in [-0.3, -0.25) is 23.7 Å². The summed E-state index contributed by atoms with van der Waals surface area (Å²) in [6, 6.07) is 5.77. The third-order valence-corrected chi connectivity index (χ3v) is 13.1. The number of aromatic nitrogens is 2. The molecule has 1 aromatic carbocycles. The van der Waals surface area contributed by atoms with Gasteiger partial charge in [-0.2, -0.15) is 4.98 Å². The van der Waals surface area contributed by atoms with Gasteiger partial charge in [-0.1, -0.05) is 58.4 Å². The van der Waals surface area contributed by atoms with E-state index in [1.807, 2.05) is 47.9 Å². The quantitative estimate of drug-likeness (QED) is 0.385. The summed E-state index contributed by atoms with van der Waals surface area (Å²) in [5.41, 5.74) is -1.48. The zero-order chi connectivity index (χ0) is 38.6. The van der Waals surface area contributed by atoms with Crippen molar-refractivity contribution in [3.8, 4) is 6.01 Å². The van der Waals surface area contributed by atoms with Gasteiger partial charge in [0.05, 0.1) is 22.3 Å². The molecule has 4 aliphatic rings. The summed E-state index contributed by atoms with van der Waals surface area (Å²) in [7, 11) is -4.03. The molecule has 2 aliphatic heterocycles. The van der Waals surface area contributed by atoms with Gasteiger partial charge < -0.3 is 25.0 Å². The summed E-state index contributed by atoms with van der Waals surface area (Å²) in [6.07, 6.45) is 6.03. The zero-order valence-corrected chi connectivity index (χ0v) is 32.7. The van der Waals surface area contributed by atoms with E-state index in [9.17, 15) is 27.6 Å². The van der Waals surface area contributed by atoms with E-state index in [0.29, 0.717) is 51.1 Å². The van der Waals surface area contributed by atoms with Crippen LogP contribution in [0.15, 0.2) is 36.4 Å². The van der Waals surface area contributed by atoms with E-state index in [-0.39, 0.29) is 25.3 Å². The Kier molecular flexibility index (Phi) is 10.1. The molecule has 3 fully saturated rings. The van der Waals surface area contributed by atoms with Crippen LogP contribution in [0.2, 0.25) is 0 Å². The van der Waals surface area contributed by atoms with Gasteiger partial charge in [-0.25, -0.2) is 13.2 Å². The van der Waals surface area contributed by atoms with Crippen LogP contribution < -0.4 is 20.1 Å². The number of hydrogen-bond acceptors (Lipinski definition) is 9. The molecule has 15 heteroatoms. The SMILES string of the molecule is CC[C@@H]1C[C@@]12NC(=O)[C@@H]1C[C@H](CN1C(=O)C(NC(=O)OC(C)(C)C)C(C)(C)C)Oc1nc3ccccc3n1C/C=C\CCCC1(CC1)S(=O)(=O)NC2=O. The van der Waals surface area contributed by atoms with E-state index in [2.05, 4.69) is 15.4 Å². The predicted molar refractivity (Wildman–Crippen MR) is 198 cm³/mol. The number of ether oxygens (including phenoxy) is 2. The van der Waals surface area contributed by atoms with E-state index in [1.165, 1.54) is 4.90 Å². The van der Waals surface area contributed by atoms with Crippen LogP contribution in [-0.2, 0) is 35.7 Å². The van der Waals surface area contributed by atoms with Crippen molar-refractivity contribution in [3.05, 3.63) is 36.4 Å². The second-order valence-corrected chi connectivity index (χ2v) is 19.2. The number of nitrogens with one attached hydrogen (secondary N) is 3. The number of benzene rings is 1. The third kappa shape index (κ3) is 7.90. The van der Waals surface area contributed by atoms with Crippen molar-refractivity contribution in [2.75, 3.05) is 6.54 Å². The molecule has 2 spiro atoms. The number of rotatable bonds is 3. The van der Waals surface area contributed by atoms with Gasteiger partial charge >= 0.3 is 6.09 Å². The topological polar surface area (TPSA) is 178 Å². The van der Waals surface area contributed by atoms with Crippen molar-refractivity contribution >= 4 is 44.9 Å². The molecule has 0 radical (unpaired) electrons. The minimum Gasteiger partial charge on any atom is -0.459 e. The van der Waals surface area contributed by atoms with Crippen molar-refractivity contribution in [1.82, 2.24) is 29.8 Å². The monoisotopic (exact) mass is 754 g/mol. The predicted octanol–water partition coefficient (Wildman–Crippen LogP) is 4.33. The maximum Gasteiger partial charge on any atom is 0.408 e. The van der Waals surface area contributed by atoms with Crippen molar-refractivity contribution in [2.45, 2.75) is 140 Å². The minimum absolute atomic E-state index is 0.00809. The molecular formula is C38H54N6O8S. The summed E-state index contributed by atoms with van der Waals surface area (Å²) in [5, 5.41) is 5.65. The maximum atomic E-state index is 14.6. The van der Waals surface area contributed by atoms with Crippen LogP contribution >= 0.6 is 0 Å². The molecule has 2 aromatic rings. The van der Waals surface area contributed by atoms with Crippen LogP contribution in [0.1, 0.15) is 99.8 Å². The Hall–Kier alpha value is -4.14. The number of carbonyl (C=O) groups is 4. The summed E-state index contributed by atoms with van der Waals surface area (Å²) in [4.78, 5) is 62.1. The molecule has 6 rings (SSSR count).